The highest BCUT2D eigenvalue weighted by molar-refractivity contribution is 7.99. The summed E-state index contributed by atoms with van der Waals surface area (Å²) in [4.78, 5) is 19.9. The molecule has 0 radical (unpaired) electrons. The molecule has 3 heterocycles. The molecule has 2 aliphatic rings. The van der Waals surface area contributed by atoms with Crippen LogP contribution in [0.4, 0.5) is 0 Å². The van der Waals surface area contributed by atoms with Gasteiger partial charge in [0, 0.05) is 55.0 Å². The number of hydrogen-bond donors (Lipinski definition) is 1. The number of likely N-dealkylation sites (tertiary alicyclic amines) is 1. The first kappa shape index (κ1) is 25.1. The van der Waals surface area contributed by atoms with Gasteiger partial charge >= 0.3 is 0 Å². The van der Waals surface area contributed by atoms with E-state index in [1.165, 1.54) is 21.7 Å². The maximum absolute atomic E-state index is 11.1. The highest BCUT2D eigenvalue weighted by Gasteiger charge is 2.32. The van der Waals surface area contributed by atoms with Crippen molar-refractivity contribution in [1.82, 2.24) is 19.8 Å². The molecule has 2 aromatic carbocycles. The lowest BCUT2D eigenvalue weighted by atomic mass is 10.00. The van der Waals surface area contributed by atoms with Crippen molar-refractivity contribution < 1.29 is 9.53 Å². The zero-order valence-electron chi connectivity index (χ0n) is 21.5. The number of carbonyl (C=O) groups is 1. The van der Waals surface area contributed by atoms with Gasteiger partial charge in [-0.2, -0.15) is 0 Å². The van der Waals surface area contributed by atoms with Crippen LogP contribution in [0.1, 0.15) is 48.5 Å². The summed E-state index contributed by atoms with van der Waals surface area (Å²) in [7, 11) is 2.19. The largest absolute Gasteiger partial charge is 0.362 e. The third kappa shape index (κ3) is 5.53. The fourth-order valence-electron chi connectivity index (χ4n) is 5.25. The zero-order chi connectivity index (χ0) is 25.1. The number of aromatic nitrogens is 2. The summed E-state index contributed by atoms with van der Waals surface area (Å²) >= 11 is 1.75. The molecule has 1 amide bonds. The molecule has 0 saturated carbocycles. The monoisotopic (exact) mass is 504 g/mol. The van der Waals surface area contributed by atoms with Crippen LogP contribution >= 0.6 is 11.8 Å². The van der Waals surface area contributed by atoms with Crippen molar-refractivity contribution in [2.75, 3.05) is 32.4 Å². The summed E-state index contributed by atoms with van der Waals surface area (Å²) in [6.07, 6.45) is 3.20. The van der Waals surface area contributed by atoms with Gasteiger partial charge < -0.3 is 19.5 Å². The van der Waals surface area contributed by atoms with E-state index in [9.17, 15) is 4.79 Å². The number of carbonyl (C=O) groups excluding carboxylic acids is 1. The van der Waals surface area contributed by atoms with E-state index in [-0.39, 0.29) is 18.1 Å². The number of piperidine rings is 1. The molecule has 0 spiro atoms. The highest BCUT2D eigenvalue weighted by atomic mass is 32.2. The lowest BCUT2D eigenvalue weighted by Gasteiger charge is -2.32. The quantitative estimate of drug-likeness (QED) is 0.368. The number of imidazole rings is 1. The molecule has 6 nitrogen and oxygen atoms in total. The number of thioether (sulfide) groups is 1. The first-order valence-electron chi connectivity index (χ1n) is 13.0. The van der Waals surface area contributed by atoms with Gasteiger partial charge in [0.1, 0.15) is 11.9 Å². The molecular weight excluding hydrogens is 468 g/mol. The summed E-state index contributed by atoms with van der Waals surface area (Å²) in [6.45, 7) is 7.48. The normalized spacial score (nSPS) is 18.4. The Morgan fingerprint density at radius 1 is 1.11 bits per heavy atom. The molecule has 0 aliphatic carbocycles. The van der Waals surface area contributed by atoms with Crippen LogP contribution in [0, 0.1) is 6.92 Å². The number of nitrogens with zero attached hydrogens (tertiary/aromatic N) is 3. The number of ether oxygens (including phenoxy) is 1. The van der Waals surface area contributed by atoms with Crippen LogP contribution in [0.2, 0.25) is 0 Å². The second-order valence-electron chi connectivity index (χ2n) is 9.88. The van der Waals surface area contributed by atoms with Crippen molar-refractivity contribution in [2.45, 2.75) is 56.8 Å². The smallest absolute Gasteiger partial charge is 0.216 e. The summed E-state index contributed by atoms with van der Waals surface area (Å²) in [6, 6.07) is 17.4. The maximum atomic E-state index is 11.1. The Kier molecular flexibility index (Phi) is 7.79. The minimum Gasteiger partial charge on any atom is -0.362 e. The average molecular weight is 505 g/mol. The van der Waals surface area contributed by atoms with Crippen LogP contribution in [0.3, 0.4) is 0 Å². The second-order valence-corrected chi connectivity index (χ2v) is 11.0. The molecule has 7 heteroatoms. The second kappa shape index (κ2) is 11.2. The summed E-state index contributed by atoms with van der Waals surface area (Å²) in [5.74, 6) is 1.90. The van der Waals surface area contributed by atoms with Crippen molar-refractivity contribution in [3.63, 3.8) is 0 Å². The maximum Gasteiger partial charge on any atom is 0.216 e. The summed E-state index contributed by atoms with van der Waals surface area (Å²) in [5, 5.41) is 2.85. The number of hydrogen-bond acceptors (Lipinski definition) is 5. The van der Waals surface area contributed by atoms with E-state index in [0.717, 1.165) is 61.7 Å². The van der Waals surface area contributed by atoms with Gasteiger partial charge in [0.25, 0.3) is 0 Å². The average Bonchev–Trinajstić information content (AvgIpc) is 3.12. The molecule has 1 N–H and O–H groups in total. The number of aryl methyl sites for hydroxylation is 1. The van der Waals surface area contributed by atoms with Gasteiger partial charge in [-0.3, -0.25) is 4.79 Å². The fourth-order valence-corrected chi connectivity index (χ4v) is 6.02. The van der Waals surface area contributed by atoms with Crippen LogP contribution in [0.25, 0.3) is 11.3 Å². The van der Waals surface area contributed by atoms with E-state index < -0.39 is 0 Å². The first-order valence-corrected chi connectivity index (χ1v) is 13.9. The fraction of sp³-hybridized carbons (Fsp3) is 0.448. The molecule has 1 atom stereocenters. The molecule has 190 valence electrons. The standard InChI is InChI=1S/C29H36N4O2S/c1-20-27(23-8-10-25(11-9-23)36-19-15-30-21(2)34)31-29-28(35-24-13-16-32(3)17-14-24)26-7-5-4-6-22(26)12-18-33(20)29/h4-11,24,28H,12-19H2,1-3H3,(H,30,34). The number of fused-ring (bicyclic) bond motifs is 2. The van der Waals surface area contributed by atoms with Crippen LogP contribution in [0.15, 0.2) is 53.4 Å². The molecule has 1 aromatic heterocycles. The molecule has 2 aliphatic heterocycles. The van der Waals surface area contributed by atoms with E-state index in [4.69, 9.17) is 9.72 Å². The van der Waals surface area contributed by atoms with Gasteiger partial charge in [-0.05, 0) is 56.5 Å². The summed E-state index contributed by atoms with van der Waals surface area (Å²) in [5.41, 5.74) is 5.99. The SMILES string of the molecule is CC(=O)NCCSc1ccc(-c2nc3n(c2C)CCc2ccccc2C3OC2CCN(C)CC2)cc1. The molecule has 1 saturated heterocycles. The van der Waals surface area contributed by atoms with E-state index in [1.807, 2.05) is 0 Å². The Labute approximate surface area is 218 Å². The third-order valence-corrected chi connectivity index (χ3v) is 8.31. The van der Waals surface area contributed by atoms with Crippen LogP contribution in [0.5, 0.6) is 0 Å². The zero-order valence-corrected chi connectivity index (χ0v) is 22.3. The number of rotatable bonds is 7. The Morgan fingerprint density at radius 3 is 2.61 bits per heavy atom. The van der Waals surface area contributed by atoms with Crippen molar-refractivity contribution in [3.8, 4) is 11.3 Å². The topological polar surface area (TPSA) is 59.4 Å². The number of benzene rings is 2. The Morgan fingerprint density at radius 2 is 1.86 bits per heavy atom. The van der Waals surface area contributed by atoms with E-state index >= 15 is 0 Å². The van der Waals surface area contributed by atoms with Gasteiger partial charge in [-0.1, -0.05) is 36.4 Å². The van der Waals surface area contributed by atoms with Gasteiger partial charge in [0.05, 0.1) is 11.8 Å². The minimum absolute atomic E-state index is 0.0155. The predicted octanol–water partition coefficient (Wildman–Crippen LogP) is 4.84. The third-order valence-electron chi connectivity index (χ3n) is 7.29. The molecule has 1 unspecified atom stereocenters. The molecule has 0 bridgehead atoms. The highest BCUT2D eigenvalue weighted by Crippen LogP contribution is 2.37. The Balaban J connectivity index is 1.41. The van der Waals surface area contributed by atoms with Gasteiger partial charge in [0.2, 0.25) is 5.91 Å². The molecule has 1 fully saturated rings. The van der Waals surface area contributed by atoms with Crippen LogP contribution < -0.4 is 5.32 Å². The van der Waals surface area contributed by atoms with Crippen molar-refractivity contribution >= 4 is 17.7 Å². The van der Waals surface area contributed by atoms with Crippen molar-refractivity contribution in [2.24, 2.45) is 0 Å². The van der Waals surface area contributed by atoms with Gasteiger partial charge in [0.15, 0.2) is 0 Å². The molecule has 5 rings (SSSR count). The van der Waals surface area contributed by atoms with Crippen molar-refractivity contribution in [1.29, 1.82) is 0 Å². The van der Waals surface area contributed by atoms with Gasteiger partial charge in [-0.15, -0.1) is 11.8 Å². The Hall–Kier alpha value is -2.61. The van der Waals surface area contributed by atoms with Crippen LogP contribution in [-0.2, 0) is 22.5 Å². The number of amides is 1. The lowest BCUT2D eigenvalue weighted by molar-refractivity contribution is -0.118. The van der Waals surface area contributed by atoms with Crippen molar-refractivity contribution in [3.05, 3.63) is 71.2 Å². The molecule has 36 heavy (non-hydrogen) atoms. The summed E-state index contributed by atoms with van der Waals surface area (Å²) < 4.78 is 9.25. The minimum atomic E-state index is -0.145. The van der Waals surface area contributed by atoms with Crippen LogP contribution in [-0.4, -0.2) is 58.9 Å². The molecule has 3 aromatic rings. The van der Waals surface area contributed by atoms with Gasteiger partial charge in [-0.25, -0.2) is 4.98 Å². The Bertz CT molecular complexity index is 1200. The van der Waals surface area contributed by atoms with E-state index in [1.54, 1.807) is 18.7 Å². The lowest BCUT2D eigenvalue weighted by Crippen LogP contribution is -2.35. The number of nitrogens with one attached hydrogen (secondary N) is 1. The van der Waals surface area contributed by atoms with E-state index in [2.05, 4.69) is 77.3 Å². The molecular formula is C29H36N4O2S. The first-order chi connectivity index (χ1) is 17.5. The predicted molar refractivity (Wildman–Crippen MR) is 145 cm³/mol. The van der Waals surface area contributed by atoms with E-state index in [0.29, 0.717) is 6.54 Å².